The van der Waals surface area contributed by atoms with Gasteiger partial charge < -0.3 is 9.64 Å². The van der Waals surface area contributed by atoms with E-state index in [-0.39, 0.29) is 5.91 Å². The quantitative estimate of drug-likeness (QED) is 0.860. The van der Waals surface area contributed by atoms with Gasteiger partial charge in [-0.3, -0.25) is 4.79 Å². The molecule has 0 aliphatic carbocycles. The zero-order valence-electron chi connectivity index (χ0n) is 11.5. The van der Waals surface area contributed by atoms with Gasteiger partial charge in [0.15, 0.2) is 0 Å². The van der Waals surface area contributed by atoms with Crippen LogP contribution in [0.1, 0.15) is 15.9 Å². The summed E-state index contributed by atoms with van der Waals surface area (Å²) < 4.78 is 5.11. The number of rotatable bonds is 4. The molecule has 0 aliphatic heterocycles. The van der Waals surface area contributed by atoms with Crippen molar-refractivity contribution in [2.45, 2.75) is 6.54 Å². The summed E-state index contributed by atoms with van der Waals surface area (Å²) in [5.74, 6) is 0.776. The van der Waals surface area contributed by atoms with Crippen molar-refractivity contribution in [3.05, 3.63) is 64.7 Å². The van der Waals surface area contributed by atoms with E-state index in [4.69, 9.17) is 16.3 Å². The number of carbonyl (C=O) groups excluding carboxylic acids is 1. The molecule has 0 fully saturated rings. The molecule has 4 heteroatoms. The molecule has 104 valence electrons. The molecule has 2 aromatic carbocycles. The number of hydrogen-bond donors (Lipinski definition) is 0. The topological polar surface area (TPSA) is 29.5 Å². The van der Waals surface area contributed by atoms with Gasteiger partial charge in [-0.05, 0) is 42.0 Å². The SMILES string of the molecule is COc1ccc(CN(C)C(=O)c2ccc(Cl)cc2)cc1. The second-order valence-electron chi connectivity index (χ2n) is 4.52. The Balaban J connectivity index is 2.04. The van der Waals surface area contributed by atoms with Crippen molar-refractivity contribution >= 4 is 17.5 Å². The molecule has 2 aromatic rings. The van der Waals surface area contributed by atoms with Crippen LogP contribution in [0, 0.1) is 0 Å². The summed E-state index contributed by atoms with van der Waals surface area (Å²) in [6.07, 6.45) is 0. The molecule has 0 saturated heterocycles. The molecule has 3 nitrogen and oxygen atoms in total. The van der Waals surface area contributed by atoms with Gasteiger partial charge in [-0.1, -0.05) is 23.7 Å². The summed E-state index contributed by atoms with van der Waals surface area (Å²) in [6.45, 7) is 0.547. The van der Waals surface area contributed by atoms with Crippen molar-refractivity contribution in [2.75, 3.05) is 14.2 Å². The monoisotopic (exact) mass is 289 g/mol. The summed E-state index contributed by atoms with van der Waals surface area (Å²) in [6, 6.07) is 14.6. The van der Waals surface area contributed by atoms with E-state index in [0.29, 0.717) is 17.1 Å². The number of methoxy groups -OCH3 is 1. The number of carbonyl (C=O) groups is 1. The molecule has 0 saturated carbocycles. The van der Waals surface area contributed by atoms with Crippen LogP contribution in [0.15, 0.2) is 48.5 Å². The highest BCUT2D eigenvalue weighted by Gasteiger charge is 2.11. The van der Waals surface area contributed by atoms with Crippen LogP contribution in [0.25, 0.3) is 0 Å². The zero-order chi connectivity index (χ0) is 14.5. The van der Waals surface area contributed by atoms with E-state index in [1.807, 2.05) is 24.3 Å². The Kier molecular flexibility index (Phi) is 4.64. The Morgan fingerprint density at radius 1 is 1.10 bits per heavy atom. The van der Waals surface area contributed by atoms with Gasteiger partial charge in [-0.25, -0.2) is 0 Å². The van der Waals surface area contributed by atoms with Crippen molar-refractivity contribution in [3.8, 4) is 5.75 Å². The zero-order valence-corrected chi connectivity index (χ0v) is 12.2. The van der Waals surface area contributed by atoms with Gasteiger partial charge in [0.2, 0.25) is 0 Å². The van der Waals surface area contributed by atoms with E-state index in [9.17, 15) is 4.79 Å². The minimum Gasteiger partial charge on any atom is -0.497 e. The Morgan fingerprint density at radius 2 is 1.70 bits per heavy atom. The summed E-state index contributed by atoms with van der Waals surface area (Å²) in [5.41, 5.74) is 1.68. The first-order valence-electron chi connectivity index (χ1n) is 6.24. The van der Waals surface area contributed by atoms with Gasteiger partial charge in [0.25, 0.3) is 5.91 Å². The summed E-state index contributed by atoms with van der Waals surface area (Å²) in [7, 11) is 3.41. The third-order valence-electron chi connectivity index (χ3n) is 3.02. The lowest BCUT2D eigenvalue weighted by Crippen LogP contribution is -2.26. The van der Waals surface area contributed by atoms with Gasteiger partial charge in [0.1, 0.15) is 5.75 Å². The van der Waals surface area contributed by atoms with Gasteiger partial charge in [0.05, 0.1) is 7.11 Å². The van der Waals surface area contributed by atoms with Crippen LogP contribution in [0.3, 0.4) is 0 Å². The first-order chi connectivity index (χ1) is 9.60. The second kappa shape index (κ2) is 6.44. The molecule has 1 amide bonds. The lowest BCUT2D eigenvalue weighted by Gasteiger charge is -2.17. The van der Waals surface area contributed by atoms with Crippen molar-refractivity contribution < 1.29 is 9.53 Å². The number of nitrogens with zero attached hydrogens (tertiary/aromatic N) is 1. The standard InChI is InChI=1S/C16H16ClNO2/c1-18(11-12-3-9-15(20-2)10-4-12)16(19)13-5-7-14(17)8-6-13/h3-10H,11H2,1-2H3. The maximum atomic E-state index is 12.2. The number of hydrogen-bond acceptors (Lipinski definition) is 2. The van der Waals surface area contributed by atoms with Crippen molar-refractivity contribution in [1.82, 2.24) is 4.90 Å². The number of halogens is 1. The number of ether oxygens (including phenoxy) is 1. The fraction of sp³-hybridized carbons (Fsp3) is 0.188. The summed E-state index contributed by atoms with van der Waals surface area (Å²) in [4.78, 5) is 13.9. The first kappa shape index (κ1) is 14.4. The van der Waals surface area contributed by atoms with Gasteiger partial charge in [0, 0.05) is 24.2 Å². The fourth-order valence-corrected chi connectivity index (χ4v) is 2.02. The molecule has 20 heavy (non-hydrogen) atoms. The Hall–Kier alpha value is -2.00. The molecule has 0 atom stereocenters. The normalized spacial score (nSPS) is 10.2. The van der Waals surface area contributed by atoms with Crippen molar-refractivity contribution in [1.29, 1.82) is 0 Å². The maximum absolute atomic E-state index is 12.2. The Labute approximate surface area is 123 Å². The predicted octanol–water partition coefficient (Wildman–Crippen LogP) is 3.62. The van der Waals surface area contributed by atoms with E-state index in [1.54, 1.807) is 43.3 Å². The third kappa shape index (κ3) is 3.52. The van der Waals surface area contributed by atoms with Gasteiger partial charge in [-0.2, -0.15) is 0 Å². The van der Waals surface area contributed by atoms with Crippen LogP contribution in [0.4, 0.5) is 0 Å². The molecule has 0 radical (unpaired) electrons. The summed E-state index contributed by atoms with van der Waals surface area (Å²) in [5, 5.41) is 0.624. The van der Waals surface area contributed by atoms with E-state index in [2.05, 4.69) is 0 Å². The minimum atomic E-state index is -0.0301. The third-order valence-corrected chi connectivity index (χ3v) is 3.27. The highest BCUT2D eigenvalue weighted by atomic mass is 35.5. The van der Waals surface area contributed by atoms with Crippen LogP contribution in [0.5, 0.6) is 5.75 Å². The van der Waals surface area contributed by atoms with Crippen molar-refractivity contribution in [2.24, 2.45) is 0 Å². The smallest absolute Gasteiger partial charge is 0.253 e. The minimum absolute atomic E-state index is 0.0301. The average molecular weight is 290 g/mol. The average Bonchev–Trinajstić information content (AvgIpc) is 2.48. The molecule has 0 N–H and O–H groups in total. The Morgan fingerprint density at radius 3 is 2.25 bits per heavy atom. The van der Waals surface area contributed by atoms with E-state index < -0.39 is 0 Å². The molecule has 0 unspecified atom stereocenters. The largest absolute Gasteiger partial charge is 0.497 e. The molecule has 0 spiro atoms. The fourth-order valence-electron chi connectivity index (χ4n) is 1.89. The highest BCUT2D eigenvalue weighted by molar-refractivity contribution is 6.30. The number of amides is 1. The van der Waals surface area contributed by atoms with Crippen LogP contribution < -0.4 is 4.74 Å². The maximum Gasteiger partial charge on any atom is 0.253 e. The van der Waals surface area contributed by atoms with Crippen LogP contribution >= 0.6 is 11.6 Å². The van der Waals surface area contributed by atoms with Crippen LogP contribution in [0.2, 0.25) is 5.02 Å². The second-order valence-corrected chi connectivity index (χ2v) is 4.95. The highest BCUT2D eigenvalue weighted by Crippen LogP contribution is 2.15. The number of benzene rings is 2. The Bertz CT molecular complexity index is 578. The van der Waals surface area contributed by atoms with Crippen molar-refractivity contribution in [3.63, 3.8) is 0 Å². The van der Waals surface area contributed by atoms with E-state index >= 15 is 0 Å². The first-order valence-corrected chi connectivity index (χ1v) is 6.62. The van der Waals surface area contributed by atoms with Gasteiger partial charge in [-0.15, -0.1) is 0 Å². The molecule has 0 bridgehead atoms. The molecule has 0 aromatic heterocycles. The molecular weight excluding hydrogens is 274 g/mol. The molecule has 0 aliphatic rings. The lowest BCUT2D eigenvalue weighted by molar-refractivity contribution is 0.0785. The molecule has 0 heterocycles. The van der Waals surface area contributed by atoms with E-state index in [0.717, 1.165) is 11.3 Å². The van der Waals surface area contributed by atoms with E-state index in [1.165, 1.54) is 0 Å². The predicted molar refractivity (Wildman–Crippen MR) is 80.2 cm³/mol. The summed E-state index contributed by atoms with van der Waals surface area (Å²) >= 11 is 5.82. The van der Waals surface area contributed by atoms with Crippen LogP contribution in [-0.2, 0) is 6.54 Å². The van der Waals surface area contributed by atoms with Crippen LogP contribution in [-0.4, -0.2) is 25.0 Å². The van der Waals surface area contributed by atoms with Gasteiger partial charge >= 0.3 is 0 Å². The molecule has 2 rings (SSSR count). The lowest BCUT2D eigenvalue weighted by atomic mass is 10.1. The molecular formula is C16H16ClNO2.